The summed E-state index contributed by atoms with van der Waals surface area (Å²) in [6.07, 6.45) is 3.29. The van der Waals surface area contributed by atoms with E-state index in [4.69, 9.17) is 5.73 Å². The van der Waals surface area contributed by atoms with Crippen molar-refractivity contribution >= 4 is 5.91 Å². The quantitative estimate of drug-likeness (QED) is 0.627. The topological polar surface area (TPSA) is 82.4 Å². The Labute approximate surface area is 144 Å². The number of carbonyl (C=O) groups is 1. The summed E-state index contributed by atoms with van der Waals surface area (Å²) in [5, 5.41) is 3.09. The standard InChI is InChI=1S/C18H29N5O/c1-23-11-5-6-13(12-23)9-10-20-18(24)16-15(17(19)22-21-16)14-7-3-2-4-8-14/h2-4,7-8,13,15-17,21-22H,5-6,9-12,19H2,1H3,(H,20,24). The lowest BCUT2D eigenvalue weighted by molar-refractivity contribution is -0.123. The SMILES string of the molecule is CN1CCCC(CCNC(=O)C2NNC(N)C2c2ccccc2)C1. The van der Waals surface area contributed by atoms with Gasteiger partial charge in [-0.15, -0.1) is 0 Å². The van der Waals surface area contributed by atoms with E-state index < -0.39 is 0 Å². The summed E-state index contributed by atoms with van der Waals surface area (Å²) in [6.45, 7) is 3.06. The zero-order chi connectivity index (χ0) is 16.9. The van der Waals surface area contributed by atoms with E-state index >= 15 is 0 Å². The van der Waals surface area contributed by atoms with Gasteiger partial charge in [0.05, 0.1) is 6.17 Å². The van der Waals surface area contributed by atoms with Crippen molar-refractivity contribution in [2.24, 2.45) is 11.7 Å². The summed E-state index contributed by atoms with van der Waals surface area (Å²) >= 11 is 0. The fourth-order valence-electron chi connectivity index (χ4n) is 3.89. The fourth-order valence-corrected chi connectivity index (χ4v) is 3.89. The molecule has 0 saturated carbocycles. The molecule has 2 aliphatic rings. The average Bonchev–Trinajstić information content (AvgIpc) is 2.97. The van der Waals surface area contributed by atoms with Gasteiger partial charge in [0, 0.05) is 19.0 Å². The Hall–Kier alpha value is -1.47. The first kappa shape index (κ1) is 17.4. The van der Waals surface area contributed by atoms with Crippen molar-refractivity contribution < 1.29 is 4.79 Å². The predicted molar refractivity (Wildman–Crippen MR) is 95.1 cm³/mol. The largest absolute Gasteiger partial charge is 0.355 e. The zero-order valence-corrected chi connectivity index (χ0v) is 14.4. The van der Waals surface area contributed by atoms with Gasteiger partial charge < -0.3 is 16.0 Å². The van der Waals surface area contributed by atoms with Crippen LogP contribution in [0.1, 0.15) is 30.7 Å². The van der Waals surface area contributed by atoms with Crippen LogP contribution in [0.25, 0.3) is 0 Å². The normalized spacial score (nSPS) is 31.1. The van der Waals surface area contributed by atoms with Gasteiger partial charge in [-0.25, -0.2) is 10.9 Å². The third-order valence-electron chi connectivity index (χ3n) is 5.19. The Morgan fingerprint density at radius 3 is 2.88 bits per heavy atom. The summed E-state index contributed by atoms with van der Waals surface area (Å²) in [7, 11) is 2.17. The van der Waals surface area contributed by atoms with Crippen LogP contribution in [0.5, 0.6) is 0 Å². The van der Waals surface area contributed by atoms with Crippen molar-refractivity contribution in [2.75, 3.05) is 26.7 Å². The van der Waals surface area contributed by atoms with Crippen LogP contribution >= 0.6 is 0 Å². The fraction of sp³-hybridized carbons (Fsp3) is 0.611. The predicted octanol–water partition coefficient (Wildman–Crippen LogP) is 0.380. The number of rotatable bonds is 5. The minimum atomic E-state index is -0.337. The number of carbonyl (C=O) groups excluding carboxylic acids is 1. The van der Waals surface area contributed by atoms with Gasteiger partial charge in [0.2, 0.25) is 5.91 Å². The van der Waals surface area contributed by atoms with E-state index in [-0.39, 0.29) is 24.0 Å². The first-order chi connectivity index (χ1) is 11.6. The second-order valence-electron chi connectivity index (χ2n) is 7.08. The van der Waals surface area contributed by atoms with Gasteiger partial charge in [-0.3, -0.25) is 4.79 Å². The highest BCUT2D eigenvalue weighted by atomic mass is 16.2. The van der Waals surface area contributed by atoms with Crippen LogP contribution in [-0.2, 0) is 4.79 Å². The number of piperidine rings is 1. The van der Waals surface area contributed by atoms with Crippen LogP contribution in [-0.4, -0.2) is 49.7 Å². The first-order valence-corrected chi connectivity index (χ1v) is 8.93. The molecule has 5 N–H and O–H groups in total. The molecule has 0 bridgehead atoms. The minimum Gasteiger partial charge on any atom is -0.355 e. The Morgan fingerprint density at radius 2 is 2.12 bits per heavy atom. The second kappa shape index (κ2) is 8.07. The van der Waals surface area contributed by atoms with Crippen LogP contribution in [0.3, 0.4) is 0 Å². The molecule has 1 aromatic carbocycles. The number of likely N-dealkylation sites (tertiary alicyclic amines) is 1. The van der Waals surface area contributed by atoms with E-state index in [2.05, 4.69) is 28.1 Å². The van der Waals surface area contributed by atoms with E-state index in [0.717, 1.165) is 25.1 Å². The Morgan fingerprint density at radius 1 is 1.33 bits per heavy atom. The van der Waals surface area contributed by atoms with E-state index in [1.165, 1.54) is 19.4 Å². The highest BCUT2D eigenvalue weighted by molar-refractivity contribution is 5.83. The number of hydrogen-bond acceptors (Lipinski definition) is 5. The molecule has 4 atom stereocenters. The molecule has 6 nitrogen and oxygen atoms in total. The van der Waals surface area contributed by atoms with Crippen molar-refractivity contribution in [3.63, 3.8) is 0 Å². The number of nitrogens with zero attached hydrogens (tertiary/aromatic N) is 1. The van der Waals surface area contributed by atoms with Gasteiger partial charge in [0.1, 0.15) is 6.04 Å². The number of hydrogen-bond donors (Lipinski definition) is 4. The lowest BCUT2D eigenvalue weighted by atomic mass is 9.90. The second-order valence-corrected chi connectivity index (χ2v) is 7.08. The maximum atomic E-state index is 12.6. The van der Waals surface area contributed by atoms with Crippen LogP contribution in [0, 0.1) is 5.92 Å². The molecule has 1 amide bonds. The van der Waals surface area contributed by atoms with Crippen LogP contribution in [0.2, 0.25) is 0 Å². The van der Waals surface area contributed by atoms with Crippen molar-refractivity contribution in [1.29, 1.82) is 0 Å². The van der Waals surface area contributed by atoms with Crippen molar-refractivity contribution in [3.05, 3.63) is 35.9 Å². The van der Waals surface area contributed by atoms with Gasteiger partial charge in [-0.2, -0.15) is 0 Å². The maximum absolute atomic E-state index is 12.6. The minimum absolute atomic E-state index is 0.0217. The van der Waals surface area contributed by atoms with E-state index in [9.17, 15) is 4.79 Å². The van der Waals surface area contributed by atoms with Gasteiger partial charge in [0.15, 0.2) is 0 Å². The van der Waals surface area contributed by atoms with E-state index in [0.29, 0.717) is 5.92 Å². The van der Waals surface area contributed by atoms with Crippen LogP contribution in [0.4, 0.5) is 0 Å². The monoisotopic (exact) mass is 331 g/mol. The van der Waals surface area contributed by atoms with Crippen molar-refractivity contribution in [2.45, 2.75) is 37.4 Å². The Kier molecular flexibility index (Phi) is 5.84. The molecule has 1 aromatic rings. The average molecular weight is 331 g/mol. The molecular formula is C18H29N5O. The lowest BCUT2D eigenvalue weighted by Gasteiger charge is -2.29. The molecule has 0 aromatic heterocycles. The van der Waals surface area contributed by atoms with Crippen LogP contribution < -0.4 is 21.9 Å². The number of nitrogens with one attached hydrogen (secondary N) is 3. The highest BCUT2D eigenvalue weighted by Gasteiger charge is 2.39. The summed E-state index contributed by atoms with van der Waals surface area (Å²) in [5.41, 5.74) is 13.3. The lowest BCUT2D eigenvalue weighted by Crippen LogP contribution is -2.46. The smallest absolute Gasteiger partial charge is 0.239 e. The molecular weight excluding hydrogens is 302 g/mol. The maximum Gasteiger partial charge on any atom is 0.239 e. The van der Waals surface area contributed by atoms with Gasteiger partial charge in [-0.1, -0.05) is 30.3 Å². The zero-order valence-electron chi connectivity index (χ0n) is 14.4. The molecule has 2 saturated heterocycles. The molecule has 0 spiro atoms. The summed E-state index contributed by atoms with van der Waals surface area (Å²) in [5.74, 6) is 0.645. The molecule has 24 heavy (non-hydrogen) atoms. The number of nitrogens with two attached hydrogens (primary N) is 1. The molecule has 0 aliphatic carbocycles. The van der Waals surface area contributed by atoms with Crippen LogP contribution in [0.15, 0.2) is 30.3 Å². The summed E-state index contributed by atoms with van der Waals surface area (Å²) in [4.78, 5) is 15.0. The first-order valence-electron chi connectivity index (χ1n) is 8.93. The highest BCUT2D eigenvalue weighted by Crippen LogP contribution is 2.25. The van der Waals surface area contributed by atoms with E-state index in [1.807, 2.05) is 30.3 Å². The molecule has 2 heterocycles. The Balaban J connectivity index is 1.52. The number of amides is 1. The summed E-state index contributed by atoms with van der Waals surface area (Å²) in [6, 6.07) is 9.65. The molecule has 0 radical (unpaired) electrons. The third-order valence-corrected chi connectivity index (χ3v) is 5.19. The number of hydrazine groups is 1. The molecule has 2 fully saturated rings. The van der Waals surface area contributed by atoms with Crippen molar-refractivity contribution in [3.8, 4) is 0 Å². The molecule has 4 unspecified atom stereocenters. The molecule has 132 valence electrons. The van der Waals surface area contributed by atoms with Gasteiger partial charge in [0.25, 0.3) is 0 Å². The molecule has 6 heteroatoms. The third kappa shape index (κ3) is 4.13. The Bertz CT molecular complexity index is 537. The number of benzene rings is 1. The van der Waals surface area contributed by atoms with E-state index in [1.54, 1.807) is 0 Å². The van der Waals surface area contributed by atoms with Gasteiger partial charge >= 0.3 is 0 Å². The molecule has 2 aliphatic heterocycles. The molecule has 3 rings (SSSR count). The summed E-state index contributed by atoms with van der Waals surface area (Å²) < 4.78 is 0. The van der Waals surface area contributed by atoms with Gasteiger partial charge in [-0.05, 0) is 44.3 Å². The van der Waals surface area contributed by atoms with Crippen molar-refractivity contribution in [1.82, 2.24) is 21.1 Å².